The molecule has 2 unspecified atom stereocenters. The molecular formula is C29H47N3O8. The zero-order valence-corrected chi connectivity index (χ0v) is 24.5. The summed E-state index contributed by atoms with van der Waals surface area (Å²) in [7, 11) is 0. The summed E-state index contributed by atoms with van der Waals surface area (Å²) >= 11 is 0. The molecule has 4 N–H and O–H groups in total. The molecule has 0 aliphatic rings. The van der Waals surface area contributed by atoms with Gasteiger partial charge in [-0.2, -0.15) is 0 Å². The number of ether oxygens (including phenoxy) is 2. The van der Waals surface area contributed by atoms with E-state index in [0.29, 0.717) is 12.0 Å². The lowest BCUT2D eigenvalue weighted by atomic mass is 10.0. The molecule has 1 aromatic rings. The van der Waals surface area contributed by atoms with Crippen molar-refractivity contribution in [3.05, 3.63) is 29.8 Å². The molecule has 3 amide bonds. The van der Waals surface area contributed by atoms with Gasteiger partial charge in [-0.05, 0) is 51.8 Å². The summed E-state index contributed by atoms with van der Waals surface area (Å²) in [6.07, 6.45) is 4.70. The highest BCUT2D eigenvalue weighted by molar-refractivity contribution is 5.92. The Labute approximate surface area is 237 Å². The van der Waals surface area contributed by atoms with Crippen molar-refractivity contribution in [1.29, 1.82) is 0 Å². The monoisotopic (exact) mass is 565 g/mol. The number of phenols is 1. The zero-order chi connectivity index (χ0) is 30.1. The summed E-state index contributed by atoms with van der Waals surface area (Å²) in [5, 5.41) is 25.0. The van der Waals surface area contributed by atoms with E-state index in [9.17, 15) is 29.4 Å². The largest absolute Gasteiger partial charge is 0.508 e. The van der Waals surface area contributed by atoms with Crippen LogP contribution in [0.3, 0.4) is 0 Å². The summed E-state index contributed by atoms with van der Waals surface area (Å²) < 4.78 is 10.2. The molecule has 0 aliphatic carbocycles. The maximum Gasteiger partial charge on any atom is 0.408 e. The van der Waals surface area contributed by atoms with Crippen LogP contribution >= 0.6 is 0 Å². The average Bonchev–Trinajstić information content (AvgIpc) is 2.88. The maximum atomic E-state index is 13.8. The van der Waals surface area contributed by atoms with Crippen molar-refractivity contribution in [3.8, 4) is 5.75 Å². The van der Waals surface area contributed by atoms with Gasteiger partial charge in [-0.1, -0.05) is 51.2 Å². The Hall–Kier alpha value is -3.34. The number of aliphatic hydroxyl groups is 1. The number of hydrogen-bond donors (Lipinski definition) is 4. The lowest BCUT2D eigenvalue weighted by Crippen LogP contribution is -2.54. The van der Waals surface area contributed by atoms with Gasteiger partial charge in [0.25, 0.3) is 0 Å². The minimum Gasteiger partial charge on any atom is -0.508 e. The number of aliphatic hydroxyl groups excluding tert-OH is 1. The highest BCUT2D eigenvalue weighted by atomic mass is 16.6. The molecule has 1 rings (SSSR count). The van der Waals surface area contributed by atoms with Gasteiger partial charge in [-0.3, -0.25) is 14.4 Å². The van der Waals surface area contributed by atoms with Crippen LogP contribution < -0.4 is 10.6 Å². The van der Waals surface area contributed by atoms with Gasteiger partial charge in [-0.25, -0.2) is 4.79 Å². The predicted octanol–water partition coefficient (Wildman–Crippen LogP) is 3.58. The lowest BCUT2D eigenvalue weighted by Gasteiger charge is -2.34. The van der Waals surface area contributed by atoms with Crippen LogP contribution in [0.15, 0.2) is 24.3 Å². The normalized spacial score (nSPS) is 12.7. The van der Waals surface area contributed by atoms with Crippen LogP contribution in [0.2, 0.25) is 0 Å². The number of esters is 1. The van der Waals surface area contributed by atoms with Gasteiger partial charge in [0.05, 0.1) is 19.6 Å². The fourth-order valence-corrected chi connectivity index (χ4v) is 4.01. The van der Waals surface area contributed by atoms with Crippen molar-refractivity contribution in [2.75, 3.05) is 26.3 Å². The molecule has 2 atom stereocenters. The van der Waals surface area contributed by atoms with Crippen molar-refractivity contribution in [2.45, 2.75) is 97.2 Å². The van der Waals surface area contributed by atoms with E-state index in [1.54, 1.807) is 27.7 Å². The van der Waals surface area contributed by atoms with Gasteiger partial charge in [0.15, 0.2) is 0 Å². The van der Waals surface area contributed by atoms with Crippen LogP contribution in [0, 0.1) is 0 Å². The molecule has 0 aromatic heterocycles. The van der Waals surface area contributed by atoms with E-state index in [2.05, 4.69) is 17.6 Å². The number of phenolic OH excluding ortho intramolecular Hbond substituents is 1. The molecular weight excluding hydrogens is 518 g/mol. The third kappa shape index (κ3) is 13.1. The molecule has 11 heteroatoms. The van der Waals surface area contributed by atoms with Gasteiger partial charge < -0.3 is 35.2 Å². The Kier molecular flexibility index (Phi) is 15.7. The summed E-state index contributed by atoms with van der Waals surface area (Å²) in [5.74, 6) is -1.70. The number of nitrogens with zero attached hydrogens (tertiary/aromatic N) is 1. The Bertz CT molecular complexity index is 930. The molecule has 0 aliphatic heterocycles. The molecule has 0 radical (unpaired) electrons. The first-order valence-electron chi connectivity index (χ1n) is 14.1. The number of nitrogens with one attached hydrogen (secondary N) is 2. The summed E-state index contributed by atoms with van der Waals surface area (Å²) in [6, 6.07) is 3.36. The zero-order valence-electron chi connectivity index (χ0n) is 24.5. The number of amides is 3. The molecule has 0 saturated heterocycles. The molecule has 11 nitrogen and oxygen atoms in total. The molecule has 1 aromatic carbocycles. The van der Waals surface area contributed by atoms with Crippen LogP contribution in [0.5, 0.6) is 5.75 Å². The Morgan fingerprint density at radius 3 is 2.17 bits per heavy atom. The van der Waals surface area contributed by atoms with E-state index in [1.807, 2.05) is 0 Å². The molecule has 0 spiro atoms. The second-order valence-corrected chi connectivity index (χ2v) is 10.5. The lowest BCUT2D eigenvalue weighted by molar-refractivity contribution is -0.144. The first kappa shape index (κ1) is 34.7. The minimum absolute atomic E-state index is 0.00904. The number of carbonyl (C=O) groups excluding carboxylic acids is 4. The second-order valence-electron chi connectivity index (χ2n) is 10.5. The first-order valence-corrected chi connectivity index (χ1v) is 14.1. The van der Waals surface area contributed by atoms with Crippen molar-refractivity contribution < 1.29 is 38.9 Å². The molecule has 0 saturated carbocycles. The topological polar surface area (TPSA) is 154 Å². The van der Waals surface area contributed by atoms with Gasteiger partial charge >= 0.3 is 12.1 Å². The predicted molar refractivity (Wildman–Crippen MR) is 150 cm³/mol. The highest BCUT2D eigenvalue weighted by Crippen LogP contribution is 2.25. The molecule has 226 valence electrons. The van der Waals surface area contributed by atoms with Crippen molar-refractivity contribution in [3.63, 3.8) is 0 Å². The number of unbranched alkanes of at least 4 members (excludes halogenated alkanes) is 5. The van der Waals surface area contributed by atoms with Crippen LogP contribution in [-0.4, -0.2) is 76.9 Å². The minimum atomic E-state index is -1.36. The molecule has 0 fully saturated rings. The van der Waals surface area contributed by atoms with E-state index in [4.69, 9.17) is 9.47 Å². The van der Waals surface area contributed by atoms with Crippen molar-refractivity contribution >= 4 is 23.9 Å². The summed E-state index contributed by atoms with van der Waals surface area (Å²) in [4.78, 5) is 52.8. The molecule has 40 heavy (non-hydrogen) atoms. The van der Waals surface area contributed by atoms with E-state index in [-0.39, 0.29) is 31.9 Å². The van der Waals surface area contributed by atoms with E-state index >= 15 is 0 Å². The first-order chi connectivity index (χ1) is 18.9. The Morgan fingerprint density at radius 1 is 0.975 bits per heavy atom. The standard InChI is InChI=1S/C29H47N3O8/c1-6-8-9-10-11-12-19-32(27(37)23(20-33)31-28(38)40-29(3,4)5)25(21-13-15-22(34)16-14-21)26(36)30-18-17-24(35)39-7-2/h13-16,23,25,33-34H,6-12,17-20H2,1-5H3,(H,30,36)(H,31,38). The van der Waals surface area contributed by atoms with Crippen LogP contribution in [-0.2, 0) is 23.9 Å². The van der Waals surface area contributed by atoms with Gasteiger partial charge in [0, 0.05) is 13.1 Å². The maximum absolute atomic E-state index is 13.8. The van der Waals surface area contributed by atoms with E-state index in [0.717, 1.165) is 32.1 Å². The Morgan fingerprint density at radius 2 is 1.60 bits per heavy atom. The second kappa shape index (κ2) is 18.1. The molecule has 0 bridgehead atoms. The fraction of sp³-hybridized carbons (Fsp3) is 0.655. The van der Waals surface area contributed by atoms with Gasteiger partial charge in [0.1, 0.15) is 23.4 Å². The smallest absolute Gasteiger partial charge is 0.408 e. The van der Waals surface area contributed by atoms with Gasteiger partial charge in [0.2, 0.25) is 11.8 Å². The molecule has 0 heterocycles. The highest BCUT2D eigenvalue weighted by Gasteiger charge is 2.36. The van der Waals surface area contributed by atoms with Crippen LogP contribution in [0.25, 0.3) is 0 Å². The number of aromatic hydroxyl groups is 1. The number of hydrogen-bond acceptors (Lipinski definition) is 8. The number of rotatable bonds is 17. The number of benzene rings is 1. The van der Waals surface area contributed by atoms with Crippen LogP contribution in [0.1, 0.15) is 91.2 Å². The quantitative estimate of drug-likeness (QED) is 0.165. The third-order valence-electron chi connectivity index (χ3n) is 5.91. The van der Waals surface area contributed by atoms with Gasteiger partial charge in [-0.15, -0.1) is 0 Å². The number of alkyl carbamates (subject to hydrolysis) is 1. The van der Waals surface area contributed by atoms with Crippen molar-refractivity contribution in [2.24, 2.45) is 0 Å². The third-order valence-corrected chi connectivity index (χ3v) is 5.91. The van der Waals surface area contributed by atoms with Crippen LogP contribution in [0.4, 0.5) is 4.79 Å². The average molecular weight is 566 g/mol. The Balaban J connectivity index is 3.29. The number of carbonyl (C=O) groups is 4. The van der Waals surface area contributed by atoms with E-state index in [1.165, 1.54) is 29.2 Å². The van der Waals surface area contributed by atoms with Crippen molar-refractivity contribution in [1.82, 2.24) is 15.5 Å². The van der Waals surface area contributed by atoms with E-state index < -0.39 is 48.2 Å². The summed E-state index contributed by atoms with van der Waals surface area (Å²) in [6.45, 7) is 8.51. The summed E-state index contributed by atoms with van der Waals surface area (Å²) in [5.41, 5.74) is -0.404. The fourth-order valence-electron chi connectivity index (χ4n) is 4.01. The SMILES string of the molecule is CCCCCCCCN(C(=O)C(CO)NC(=O)OC(C)(C)C)C(C(=O)NCCC(=O)OCC)c1ccc(O)cc1.